The maximum absolute atomic E-state index is 10.9. The molecule has 0 aromatic rings. The highest BCUT2D eigenvalue weighted by Gasteiger charge is 2.30. The van der Waals surface area contributed by atoms with Gasteiger partial charge in [0.1, 0.15) is 6.10 Å². The van der Waals surface area contributed by atoms with E-state index in [4.69, 9.17) is 5.11 Å². The van der Waals surface area contributed by atoms with E-state index in [2.05, 4.69) is 5.32 Å². The molecule has 2 atom stereocenters. The molecule has 0 saturated heterocycles. The van der Waals surface area contributed by atoms with E-state index in [0.29, 0.717) is 19.3 Å². The van der Waals surface area contributed by atoms with Crippen molar-refractivity contribution in [3.63, 3.8) is 0 Å². The maximum atomic E-state index is 10.9. The summed E-state index contributed by atoms with van der Waals surface area (Å²) in [5.41, 5.74) is 0. The van der Waals surface area contributed by atoms with Gasteiger partial charge in [-0.1, -0.05) is 0 Å². The third-order valence-electron chi connectivity index (χ3n) is 1.96. The van der Waals surface area contributed by atoms with E-state index >= 15 is 0 Å². The molecule has 0 spiro atoms. The molecule has 1 saturated carbocycles. The lowest BCUT2D eigenvalue weighted by molar-refractivity contribution is -0.130. The first kappa shape index (κ1) is 8.99. The van der Waals surface area contributed by atoms with Gasteiger partial charge < -0.3 is 15.5 Å². The number of hydrogen-bond donors (Lipinski definition) is 3. The number of amides is 1. The summed E-state index contributed by atoms with van der Waals surface area (Å²) in [6.45, 7) is 0. The molecule has 1 rings (SSSR count). The Morgan fingerprint density at radius 2 is 2.25 bits per heavy atom. The van der Waals surface area contributed by atoms with Gasteiger partial charge in [-0.15, -0.1) is 0 Å². The van der Waals surface area contributed by atoms with E-state index in [-0.39, 0.29) is 5.78 Å². The van der Waals surface area contributed by atoms with Crippen LogP contribution in [0.4, 0.5) is 4.79 Å². The highest BCUT2D eigenvalue weighted by Crippen LogP contribution is 2.15. The Bertz CT molecular complexity index is 204. The summed E-state index contributed by atoms with van der Waals surface area (Å²) in [6.07, 6.45) is -0.845. The van der Waals surface area contributed by atoms with Gasteiger partial charge in [0.05, 0.1) is 6.04 Å². The molecule has 5 heteroatoms. The number of Topliss-reactive ketones (excluding diaryl/α,β-unsaturated/α-hetero) is 1. The van der Waals surface area contributed by atoms with Crippen LogP contribution < -0.4 is 5.32 Å². The minimum Gasteiger partial charge on any atom is -0.465 e. The molecular formula is C7H11NO4. The molecule has 0 radical (unpaired) electrons. The van der Waals surface area contributed by atoms with Crippen LogP contribution in [0, 0.1) is 0 Å². The van der Waals surface area contributed by atoms with Crippen molar-refractivity contribution < 1.29 is 19.8 Å². The van der Waals surface area contributed by atoms with Crippen molar-refractivity contribution in [1.29, 1.82) is 0 Å². The fraction of sp³-hybridized carbons (Fsp3) is 0.714. The first-order valence-electron chi connectivity index (χ1n) is 3.81. The Kier molecular flexibility index (Phi) is 2.65. The average molecular weight is 173 g/mol. The molecule has 68 valence electrons. The van der Waals surface area contributed by atoms with E-state index in [1.165, 1.54) is 0 Å². The average Bonchev–Trinajstić information content (AvgIpc) is 1.98. The second kappa shape index (κ2) is 3.53. The molecule has 0 aromatic carbocycles. The van der Waals surface area contributed by atoms with Crippen molar-refractivity contribution >= 4 is 11.9 Å². The Morgan fingerprint density at radius 3 is 2.83 bits per heavy atom. The predicted molar refractivity (Wildman–Crippen MR) is 39.8 cm³/mol. The molecular weight excluding hydrogens is 162 g/mol. The molecule has 1 aliphatic rings. The highest BCUT2D eigenvalue weighted by molar-refractivity contribution is 5.85. The van der Waals surface area contributed by atoms with E-state index in [1.807, 2.05) is 0 Å². The number of aliphatic hydroxyl groups excluding tert-OH is 1. The van der Waals surface area contributed by atoms with E-state index in [9.17, 15) is 14.7 Å². The van der Waals surface area contributed by atoms with Gasteiger partial charge in [-0.05, 0) is 12.8 Å². The quantitative estimate of drug-likeness (QED) is 0.509. The second-order valence-corrected chi connectivity index (χ2v) is 2.86. The van der Waals surface area contributed by atoms with Crippen LogP contribution in [-0.2, 0) is 4.79 Å². The largest absolute Gasteiger partial charge is 0.465 e. The fourth-order valence-corrected chi connectivity index (χ4v) is 1.34. The lowest BCUT2D eigenvalue weighted by Crippen LogP contribution is -2.48. The monoisotopic (exact) mass is 173 g/mol. The smallest absolute Gasteiger partial charge is 0.404 e. The summed E-state index contributed by atoms with van der Waals surface area (Å²) in [6, 6.07) is -0.622. The van der Waals surface area contributed by atoms with Crippen LogP contribution in [0.2, 0.25) is 0 Å². The standard InChI is InChI=1S/C7H11NO4/c9-5-3-1-2-4(6(5)10)8-7(11)12/h4,6,8,10H,1-3H2,(H,11,12)/t4-,6-/m0/s1. The number of aliphatic hydroxyl groups is 1. The zero-order chi connectivity index (χ0) is 9.14. The van der Waals surface area contributed by atoms with Crippen molar-refractivity contribution in [2.45, 2.75) is 31.4 Å². The Labute approximate surface area is 69.4 Å². The number of carbonyl (C=O) groups excluding carboxylic acids is 1. The van der Waals surface area contributed by atoms with Crippen LogP contribution in [0.15, 0.2) is 0 Å². The Hall–Kier alpha value is -1.10. The van der Waals surface area contributed by atoms with Crippen LogP contribution in [0.3, 0.4) is 0 Å². The number of hydrogen-bond acceptors (Lipinski definition) is 3. The highest BCUT2D eigenvalue weighted by atomic mass is 16.4. The number of rotatable bonds is 1. The summed E-state index contributed by atoms with van der Waals surface area (Å²) in [5, 5.41) is 19.7. The normalized spacial score (nSPS) is 29.9. The molecule has 0 bridgehead atoms. The van der Waals surface area contributed by atoms with E-state index in [0.717, 1.165) is 0 Å². The van der Waals surface area contributed by atoms with Crippen LogP contribution in [0.5, 0.6) is 0 Å². The molecule has 0 unspecified atom stereocenters. The zero-order valence-corrected chi connectivity index (χ0v) is 6.49. The number of carbonyl (C=O) groups is 2. The molecule has 0 aromatic heterocycles. The second-order valence-electron chi connectivity index (χ2n) is 2.86. The van der Waals surface area contributed by atoms with Crippen LogP contribution in [0.1, 0.15) is 19.3 Å². The Balaban J connectivity index is 2.52. The minimum atomic E-state index is -1.20. The summed E-state index contributed by atoms with van der Waals surface area (Å²) in [7, 11) is 0. The SMILES string of the molecule is O=C(O)N[C@H]1CCCC(=O)[C@H]1O. The first-order valence-corrected chi connectivity index (χ1v) is 3.81. The first-order chi connectivity index (χ1) is 5.61. The van der Waals surface area contributed by atoms with Crippen molar-refractivity contribution in [1.82, 2.24) is 5.32 Å². The zero-order valence-electron chi connectivity index (χ0n) is 6.49. The maximum Gasteiger partial charge on any atom is 0.404 e. The number of ketones is 1. The van der Waals surface area contributed by atoms with Gasteiger partial charge in [0.2, 0.25) is 0 Å². The van der Waals surface area contributed by atoms with Crippen molar-refractivity contribution in [2.24, 2.45) is 0 Å². The van der Waals surface area contributed by atoms with Gasteiger partial charge in [-0.25, -0.2) is 4.79 Å². The molecule has 0 heterocycles. The number of nitrogens with one attached hydrogen (secondary N) is 1. The van der Waals surface area contributed by atoms with Gasteiger partial charge in [-0.2, -0.15) is 0 Å². The number of carboxylic acid groups (broad SMARTS) is 1. The molecule has 1 amide bonds. The molecule has 3 N–H and O–H groups in total. The van der Waals surface area contributed by atoms with Crippen LogP contribution in [-0.4, -0.2) is 34.2 Å². The molecule has 1 fully saturated rings. The predicted octanol–water partition coefficient (Wildman–Crippen LogP) is -0.264. The third-order valence-corrected chi connectivity index (χ3v) is 1.96. The topological polar surface area (TPSA) is 86.6 Å². The summed E-state index contributed by atoms with van der Waals surface area (Å²) < 4.78 is 0. The van der Waals surface area contributed by atoms with Crippen molar-refractivity contribution in [3.05, 3.63) is 0 Å². The molecule has 1 aliphatic carbocycles. The fourth-order valence-electron chi connectivity index (χ4n) is 1.34. The van der Waals surface area contributed by atoms with Crippen LogP contribution in [0.25, 0.3) is 0 Å². The molecule has 12 heavy (non-hydrogen) atoms. The van der Waals surface area contributed by atoms with Gasteiger partial charge in [-0.3, -0.25) is 4.79 Å². The lowest BCUT2D eigenvalue weighted by Gasteiger charge is -2.25. The summed E-state index contributed by atoms with van der Waals surface area (Å²) >= 11 is 0. The molecule has 0 aliphatic heterocycles. The van der Waals surface area contributed by atoms with Crippen molar-refractivity contribution in [3.8, 4) is 0 Å². The van der Waals surface area contributed by atoms with Gasteiger partial charge >= 0.3 is 6.09 Å². The van der Waals surface area contributed by atoms with E-state index < -0.39 is 18.2 Å². The van der Waals surface area contributed by atoms with Gasteiger partial charge in [0.15, 0.2) is 5.78 Å². The summed E-state index contributed by atoms with van der Waals surface area (Å²) in [4.78, 5) is 21.1. The van der Waals surface area contributed by atoms with E-state index in [1.54, 1.807) is 0 Å². The van der Waals surface area contributed by atoms with Crippen molar-refractivity contribution in [2.75, 3.05) is 0 Å². The Morgan fingerprint density at radius 1 is 1.58 bits per heavy atom. The lowest BCUT2D eigenvalue weighted by atomic mass is 9.91. The summed E-state index contributed by atoms with van der Waals surface area (Å²) in [5.74, 6) is -0.278. The molecule has 5 nitrogen and oxygen atoms in total. The van der Waals surface area contributed by atoms with Gasteiger partial charge in [0, 0.05) is 6.42 Å². The minimum absolute atomic E-state index is 0.278. The van der Waals surface area contributed by atoms with Gasteiger partial charge in [0.25, 0.3) is 0 Å². The third kappa shape index (κ3) is 1.94. The van der Waals surface area contributed by atoms with Crippen LogP contribution >= 0.6 is 0 Å².